The summed E-state index contributed by atoms with van der Waals surface area (Å²) in [6.07, 6.45) is 0. The summed E-state index contributed by atoms with van der Waals surface area (Å²) in [5.74, 6) is 0. The first-order valence-electron chi connectivity index (χ1n) is 6.38. The van der Waals surface area contributed by atoms with Crippen molar-refractivity contribution in [2.24, 2.45) is 0 Å². The van der Waals surface area contributed by atoms with Crippen molar-refractivity contribution in [3.8, 4) is 11.1 Å². The summed E-state index contributed by atoms with van der Waals surface area (Å²) in [6.45, 7) is 9.39. The Labute approximate surface area is 120 Å². The van der Waals surface area contributed by atoms with Gasteiger partial charge in [0.15, 0.2) is 0 Å². The monoisotopic (exact) mass is 267 g/mol. The van der Waals surface area contributed by atoms with E-state index in [4.69, 9.17) is 0 Å². The number of hydrogen-bond acceptors (Lipinski definition) is 0. The Balaban J connectivity index is 0.00000180. The first-order valence-corrected chi connectivity index (χ1v) is 8.17. The third kappa shape index (κ3) is 3.70. The van der Waals surface area contributed by atoms with Gasteiger partial charge in [0.25, 0.3) is 0 Å². The Hall–Kier alpha value is -1.07. The van der Waals surface area contributed by atoms with Crippen LogP contribution in [0.3, 0.4) is 0 Å². The normalized spacial score (nSPS) is 12.6. The van der Waals surface area contributed by atoms with Crippen molar-refractivity contribution >= 4 is 21.6 Å². The number of hydrogen-bond donors (Lipinski definition) is 0. The molecule has 0 fully saturated rings. The molecule has 19 heavy (non-hydrogen) atoms. The summed E-state index contributed by atoms with van der Waals surface area (Å²) >= 11 is 0. The molecule has 2 heteroatoms. The molecule has 0 amide bonds. The predicted octanol–water partition coefficient (Wildman–Crippen LogP) is 4.51. The van der Waals surface area contributed by atoms with Crippen molar-refractivity contribution in [3.05, 3.63) is 54.6 Å². The summed E-state index contributed by atoms with van der Waals surface area (Å²) < 4.78 is 0. The second-order valence-electron chi connectivity index (χ2n) is 5.61. The van der Waals surface area contributed by atoms with Crippen LogP contribution in [0.15, 0.2) is 54.6 Å². The highest BCUT2D eigenvalue weighted by Crippen LogP contribution is 2.46. The third-order valence-electron chi connectivity index (χ3n) is 3.36. The Morgan fingerprint density at radius 3 is 1.89 bits per heavy atom. The van der Waals surface area contributed by atoms with E-state index < -0.39 is 0 Å². The molecule has 2 aromatic carbocycles. The maximum Gasteiger partial charge on any atom is 0 e. The van der Waals surface area contributed by atoms with Crippen LogP contribution < -0.4 is 5.30 Å². The van der Waals surface area contributed by atoms with E-state index in [-0.39, 0.29) is 16.3 Å². The largest absolute Gasteiger partial charge is 0.0723 e. The minimum atomic E-state index is -0.161. The van der Waals surface area contributed by atoms with Crippen molar-refractivity contribution in [1.29, 1.82) is 0 Å². The van der Waals surface area contributed by atoms with Gasteiger partial charge in [-0.05, 0) is 28.3 Å². The fraction of sp³-hybridized carbons (Fsp3) is 0.294. The lowest BCUT2D eigenvalue weighted by molar-refractivity contribution is 0.791. The van der Waals surface area contributed by atoms with Crippen molar-refractivity contribution < 1.29 is 0 Å². The highest BCUT2D eigenvalue weighted by atomic mass is 31.1. The van der Waals surface area contributed by atoms with Crippen molar-refractivity contribution in [2.45, 2.75) is 25.9 Å². The van der Waals surface area contributed by atoms with Gasteiger partial charge in [0.2, 0.25) is 0 Å². The van der Waals surface area contributed by atoms with Gasteiger partial charge < -0.3 is 0 Å². The smallest absolute Gasteiger partial charge is 0 e. The Morgan fingerprint density at radius 1 is 0.789 bits per heavy atom. The molecule has 0 aliphatic heterocycles. The molecular weight excluding hydrogens is 246 g/mol. The molecule has 0 N–H and O–H groups in total. The summed E-state index contributed by atoms with van der Waals surface area (Å²) in [5, 5.41) is 1.85. The van der Waals surface area contributed by atoms with Gasteiger partial charge in [0.05, 0.1) is 0 Å². The van der Waals surface area contributed by atoms with Crippen LogP contribution in [0, 0.1) is 0 Å². The van der Waals surface area contributed by atoms with Crippen molar-refractivity contribution in [1.82, 2.24) is 0 Å². The Morgan fingerprint density at radius 2 is 1.32 bits per heavy atom. The average molecular weight is 267 g/mol. The van der Waals surface area contributed by atoms with E-state index in [2.05, 4.69) is 82.0 Å². The number of rotatable bonds is 2. The summed E-state index contributed by atoms with van der Waals surface area (Å²) in [7, 11) is -0.161. The topological polar surface area (TPSA) is 0 Å². The Bertz CT molecular complexity index is 514. The van der Waals surface area contributed by atoms with Gasteiger partial charge in [0.1, 0.15) is 0 Å². The van der Waals surface area contributed by atoms with E-state index >= 15 is 0 Å². The molecule has 0 saturated carbocycles. The fourth-order valence-electron chi connectivity index (χ4n) is 1.99. The lowest BCUT2D eigenvalue weighted by Crippen LogP contribution is -2.19. The van der Waals surface area contributed by atoms with Gasteiger partial charge in [-0.25, -0.2) is 0 Å². The highest BCUT2D eigenvalue weighted by Gasteiger charge is 2.23. The summed E-state index contributed by atoms with van der Waals surface area (Å²) in [5.41, 5.74) is 2.72. The quantitative estimate of drug-likeness (QED) is 0.554. The van der Waals surface area contributed by atoms with Crippen LogP contribution in [-0.2, 0) is 0 Å². The summed E-state index contributed by atoms with van der Waals surface area (Å²) in [6, 6.07) is 19.5. The van der Waals surface area contributed by atoms with Crippen LogP contribution in [0.5, 0.6) is 0 Å². The number of benzene rings is 2. The molecule has 2 aromatic rings. The lowest BCUT2D eigenvalue weighted by Gasteiger charge is -2.30. The molecular formula is C17H21BP. The zero-order valence-corrected chi connectivity index (χ0v) is 13.1. The molecule has 0 heterocycles. The first-order chi connectivity index (χ1) is 8.50. The average Bonchev–Trinajstić information content (AvgIpc) is 2.38. The zero-order valence-electron chi connectivity index (χ0n) is 12.2. The van der Waals surface area contributed by atoms with E-state index in [1.54, 1.807) is 0 Å². The van der Waals surface area contributed by atoms with E-state index in [1.165, 1.54) is 16.4 Å². The minimum absolute atomic E-state index is 0. The summed E-state index contributed by atoms with van der Waals surface area (Å²) in [4.78, 5) is 0. The van der Waals surface area contributed by atoms with Gasteiger partial charge in [-0.1, -0.05) is 83.3 Å². The lowest BCUT2D eigenvalue weighted by atomic mass is 10.1. The van der Waals surface area contributed by atoms with Crippen LogP contribution in [-0.4, -0.2) is 20.2 Å². The second kappa shape index (κ2) is 6.39. The van der Waals surface area contributed by atoms with E-state index in [1.807, 2.05) is 0 Å². The first kappa shape index (κ1) is 16.0. The maximum atomic E-state index is 2.39. The van der Waals surface area contributed by atoms with E-state index in [0.29, 0.717) is 5.16 Å². The molecule has 0 aliphatic rings. The molecule has 3 radical (unpaired) electrons. The van der Waals surface area contributed by atoms with Crippen LogP contribution in [0.2, 0.25) is 0 Å². The standard InChI is InChI=1S/C17H21P.B/c1-17(2,3)18(4)16-13-9-8-12-15(16)14-10-6-5-7-11-14;/h5-13H,1-4H3;/t18-;/m0./s1. The van der Waals surface area contributed by atoms with Crippen LogP contribution >= 0.6 is 7.92 Å². The van der Waals surface area contributed by atoms with Crippen LogP contribution in [0.1, 0.15) is 20.8 Å². The molecule has 2 rings (SSSR count). The maximum absolute atomic E-state index is 2.39. The fourth-order valence-corrected chi connectivity index (χ4v) is 3.59. The third-order valence-corrected chi connectivity index (χ3v) is 6.48. The minimum Gasteiger partial charge on any atom is -0.0723 e. The van der Waals surface area contributed by atoms with Gasteiger partial charge in [-0.2, -0.15) is 0 Å². The molecule has 0 unspecified atom stereocenters. The van der Waals surface area contributed by atoms with Crippen LogP contribution in [0.25, 0.3) is 11.1 Å². The molecule has 0 saturated heterocycles. The molecule has 0 nitrogen and oxygen atoms in total. The van der Waals surface area contributed by atoms with E-state index in [0.717, 1.165) is 0 Å². The van der Waals surface area contributed by atoms with Crippen molar-refractivity contribution in [3.63, 3.8) is 0 Å². The molecule has 0 aliphatic carbocycles. The Kier molecular flexibility index (Phi) is 5.38. The molecule has 0 aromatic heterocycles. The van der Waals surface area contributed by atoms with Gasteiger partial charge in [0, 0.05) is 8.41 Å². The zero-order chi connectivity index (χ0) is 13.2. The van der Waals surface area contributed by atoms with E-state index in [9.17, 15) is 0 Å². The van der Waals surface area contributed by atoms with Gasteiger partial charge in [-0.3, -0.25) is 0 Å². The SMILES string of the molecule is C[P@@](c1ccccc1-c1ccccc1)C(C)(C)C.[B]. The molecule has 97 valence electrons. The van der Waals surface area contributed by atoms with Crippen LogP contribution in [0.4, 0.5) is 0 Å². The second-order valence-corrected chi connectivity index (χ2v) is 8.55. The predicted molar refractivity (Wildman–Crippen MR) is 89.9 cm³/mol. The van der Waals surface area contributed by atoms with Gasteiger partial charge in [-0.15, -0.1) is 0 Å². The molecule has 0 spiro atoms. The van der Waals surface area contributed by atoms with Crippen molar-refractivity contribution in [2.75, 3.05) is 6.66 Å². The highest BCUT2D eigenvalue weighted by molar-refractivity contribution is 7.66. The van der Waals surface area contributed by atoms with Gasteiger partial charge >= 0.3 is 0 Å². The molecule has 0 bridgehead atoms. The molecule has 1 atom stereocenters.